The Morgan fingerprint density at radius 1 is 1.23 bits per heavy atom. The van der Waals surface area contributed by atoms with Gasteiger partial charge in [0.1, 0.15) is 6.04 Å². The molecule has 1 N–H and O–H groups in total. The molecule has 3 aliphatic rings. The van der Waals surface area contributed by atoms with Gasteiger partial charge in [-0.25, -0.2) is 0 Å². The molecular weight excluding hydrogens is 510 g/mol. The van der Waals surface area contributed by atoms with Gasteiger partial charge in [0.15, 0.2) is 0 Å². The minimum atomic E-state index is -0.793. The highest BCUT2D eigenvalue weighted by Crippen LogP contribution is 2.69. The topological polar surface area (TPSA) is 81.2 Å². The van der Waals surface area contributed by atoms with E-state index in [1.54, 1.807) is 45.5 Å². The van der Waals surface area contributed by atoms with Crippen molar-refractivity contribution in [1.29, 1.82) is 0 Å². The SMILES string of the molecule is C=CCN(CCC)C(=O)[C@@H]1[C@@H]2CC(C)C3(S2)C(C(=O)N(CC=C)c2cc(C)ccc2C)N([C@H](C)CO)C(=O)[C@H]13. The lowest BCUT2D eigenvalue weighted by Gasteiger charge is -2.42. The van der Waals surface area contributed by atoms with Crippen LogP contribution >= 0.6 is 11.8 Å². The van der Waals surface area contributed by atoms with Crippen LogP contribution in [-0.4, -0.2) is 80.9 Å². The molecule has 212 valence electrons. The second-order valence-corrected chi connectivity index (χ2v) is 13.0. The Kier molecular flexibility index (Phi) is 8.67. The maximum absolute atomic E-state index is 14.7. The van der Waals surface area contributed by atoms with Gasteiger partial charge in [-0.05, 0) is 56.7 Å². The summed E-state index contributed by atoms with van der Waals surface area (Å²) in [5, 5.41) is 10.2. The van der Waals surface area contributed by atoms with Crippen LogP contribution in [0, 0.1) is 31.6 Å². The molecule has 3 saturated heterocycles. The lowest BCUT2D eigenvalue weighted by molar-refractivity contribution is -0.145. The van der Waals surface area contributed by atoms with E-state index in [1.807, 2.05) is 39.0 Å². The first-order chi connectivity index (χ1) is 18.6. The zero-order valence-electron chi connectivity index (χ0n) is 23.9. The Hall–Kier alpha value is -2.58. The normalized spacial score (nSPS) is 29.7. The molecule has 3 unspecified atom stereocenters. The number of anilines is 1. The molecule has 2 bridgehead atoms. The van der Waals surface area contributed by atoms with Crippen molar-refractivity contribution in [2.45, 2.75) is 69.5 Å². The van der Waals surface area contributed by atoms with Crippen molar-refractivity contribution in [3.05, 3.63) is 54.6 Å². The van der Waals surface area contributed by atoms with Crippen molar-refractivity contribution in [3.8, 4) is 0 Å². The maximum atomic E-state index is 14.7. The van der Waals surface area contributed by atoms with Crippen molar-refractivity contribution in [2.24, 2.45) is 17.8 Å². The summed E-state index contributed by atoms with van der Waals surface area (Å²) in [6, 6.07) is 4.66. The molecule has 0 aliphatic carbocycles. The second kappa shape index (κ2) is 11.5. The Morgan fingerprint density at radius 3 is 2.54 bits per heavy atom. The van der Waals surface area contributed by atoms with E-state index in [9.17, 15) is 19.5 Å². The van der Waals surface area contributed by atoms with Crippen LogP contribution in [0.15, 0.2) is 43.5 Å². The van der Waals surface area contributed by atoms with Gasteiger partial charge in [-0.3, -0.25) is 14.4 Å². The van der Waals surface area contributed by atoms with Crippen LogP contribution in [0.2, 0.25) is 0 Å². The highest BCUT2D eigenvalue weighted by molar-refractivity contribution is 8.02. The van der Waals surface area contributed by atoms with Gasteiger partial charge >= 0.3 is 0 Å². The first kappa shape index (κ1) is 29.4. The monoisotopic (exact) mass is 553 g/mol. The number of hydrogen-bond acceptors (Lipinski definition) is 5. The zero-order chi connectivity index (χ0) is 28.6. The molecule has 3 aliphatic heterocycles. The Labute approximate surface area is 237 Å². The standard InChI is InChI=1S/C31H43N3O4S/c1-8-13-32(14-9-2)28(36)25-24-17-21(6)31(39-24)26(25)29(37)34(22(7)18-35)27(31)30(38)33(15-10-3)23-16-19(4)11-12-20(23)5/h8,10-12,16,21-22,24-27,35H,1,3,9,13-15,17-18H2,2,4-7H3/t21?,22-,24+,25-,26+,27?,31?/m1/s1. The van der Waals surface area contributed by atoms with Gasteiger partial charge in [0, 0.05) is 30.6 Å². The molecule has 0 radical (unpaired) electrons. The lowest BCUT2D eigenvalue weighted by Crippen LogP contribution is -2.59. The largest absolute Gasteiger partial charge is 0.394 e. The van der Waals surface area contributed by atoms with Crippen molar-refractivity contribution in [2.75, 3.05) is 31.1 Å². The number of benzene rings is 1. The van der Waals surface area contributed by atoms with Gasteiger partial charge in [-0.15, -0.1) is 24.9 Å². The second-order valence-electron chi connectivity index (χ2n) is 11.4. The number of thioether (sulfide) groups is 1. The molecule has 3 amide bonds. The number of carbonyl (C=O) groups excluding carboxylic acids is 3. The summed E-state index contributed by atoms with van der Waals surface area (Å²) in [5.41, 5.74) is 2.78. The summed E-state index contributed by atoms with van der Waals surface area (Å²) in [6.45, 7) is 18.7. The smallest absolute Gasteiger partial charge is 0.251 e. The molecule has 8 heteroatoms. The molecule has 1 aromatic carbocycles. The third-order valence-electron chi connectivity index (χ3n) is 8.83. The molecule has 1 spiro atoms. The van der Waals surface area contributed by atoms with Crippen LogP contribution in [0.5, 0.6) is 0 Å². The summed E-state index contributed by atoms with van der Waals surface area (Å²) >= 11 is 1.67. The number of aryl methyl sites for hydroxylation is 2. The number of aliphatic hydroxyl groups is 1. The molecular formula is C31H43N3O4S. The predicted molar refractivity (Wildman–Crippen MR) is 158 cm³/mol. The quantitative estimate of drug-likeness (QED) is 0.420. The van der Waals surface area contributed by atoms with Gasteiger partial charge in [0.2, 0.25) is 11.8 Å². The Morgan fingerprint density at radius 2 is 1.92 bits per heavy atom. The van der Waals surface area contributed by atoms with E-state index in [0.717, 1.165) is 29.7 Å². The summed E-state index contributed by atoms with van der Waals surface area (Å²) < 4.78 is -0.744. The number of rotatable bonds is 11. The van der Waals surface area contributed by atoms with E-state index in [0.29, 0.717) is 19.6 Å². The summed E-state index contributed by atoms with van der Waals surface area (Å²) in [5.74, 6) is -1.44. The molecule has 7 atom stereocenters. The van der Waals surface area contributed by atoms with Crippen LogP contribution in [-0.2, 0) is 14.4 Å². The number of hydrogen-bond donors (Lipinski definition) is 1. The third-order valence-corrected chi connectivity index (χ3v) is 10.9. The first-order valence-corrected chi connectivity index (χ1v) is 15.0. The summed E-state index contributed by atoms with van der Waals surface area (Å²) in [6.07, 6.45) is 5.02. The molecule has 3 fully saturated rings. The van der Waals surface area contributed by atoms with E-state index in [1.165, 1.54) is 0 Å². The van der Waals surface area contributed by atoms with E-state index in [4.69, 9.17) is 0 Å². The predicted octanol–water partition coefficient (Wildman–Crippen LogP) is 3.97. The van der Waals surface area contributed by atoms with E-state index in [-0.39, 0.29) is 35.5 Å². The average molecular weight is 554 g/mol. The molecule has 7 nitrogen and oxygen atoms in total. The summed E-state index contributed by atoms with van der Waals surface area (Å²) in [4.78, 5) is 48.2. The summed E-state index contributed by atoms with van der Waals surface area (Å²) in [7, 11) is 0. The number of aliphatic hydroxyl groups excluding tert-OH is 1. The van der Waals surface area contributed by atoms with Gasteiger partial charge in [0.25, 0.3) is 5.91 Å². The lowest BCUT2D eigenvalue weighted by atomic mass is 9.65. The highest BCUT2D eigenvalue weighted by atomic mass is 32.2. The maximum Gasteiger partial charge on any atom is 0.251 e. The van der Waals surface area contributed by atoms with Crippen molar-refractivity contribution >= 4 is 35.2 Å². The van der Waals surface area contributed by atoms with Gasteiger partial charge in [0.05, 0.1) is 29.2 Å². The van der Waals surface area contributed by atoms with E-state index < -0.39 is 28.7 Å². The number of likely N-dealkylation sites (tertiary alicyclic amines) is 1. The fourth-order valence-electron chi connectivity index (χ4n) is 7.11. The molecule has 3 heterocycles. The number of carbonyl (C=O) groups is 3. The minimum absolute atomic E-state index is 0.0245. The van der Waals surface area contributed by atoms with Crippen molar-refractivity contribution in [1.82, 2.24) is 9.80 Å². The number of nitrogens with zero attached hydrogens (tertiary/aromatic N) is 3. The first-order valence-electron chi connectivity index (χ1n) is 14.1. The van der Waals surface area contributed by atoms with Gasteiger partial charge in [-0.1, -0.05) is 38.1 Å². The van der Waals surface area contributed by atoms with Crippen LogP contribution < -0.4 is 4.90 Å². The Bertz CT molecular complexity index is 1150. The zero-order valence-corrected chi connectivity index (χ0v) is 24.7. The van der Waals surface area contributed by atoms with Crippen LogP contribution in [0.25, 0.3) is 0 Å². The van der Waals surface area contributed by atoms with E-state index >= 15 is 0 Å². The average Bonchev–Trinajstić information content (AvgIpc) is 3.51. The highest BCUT2D eigenvalue weighted by Gasteiger charge is 2.76. The third kappa shape index (κ3) is 4.63. The molecule has 0 saturated carbocycles. The molecule has 1 aromatic rings. The molecule has 39 heavy (non-hydrogen) atoms. The number of amides is 3. The van der Waals surface area contributed by atoms with Crippen LogP contribution in [0.1, 0.15) is 44.7 Å². The van der Waals surface area contributed by atoms with Crippen molar-refractivity contribution < 1.29 is 19.5 Å². The van der Waals surface area contributed by atoms with Crippen LogP contribution in [0.4, 0.5) is 5.69 Å². The Balaban J connectivity index is 1.84. The fourth-order valence-corrected chi connectivity index (χ4v) is 9.50. The molecule has 4 rings (SSSR count). The fraction of sp³-hybridized carbons (Fsp3) is 0.581. The van der Waals surface area contributed by atoms with Crippen molar-refractivity contribution in [3.63, 3.8) is 0 Å². The van der Waals surface area contributed by atoms with E-state index in [2.05, 4.69) is 20.1 Å². The van der Waals surface area contributed by atoms with Gasteiger partial charge in [-0.2, -0.15) is 0 Å². The van der Waals surface area contributed by atoms with Crippen LogP contribution in [0.3, 0.4) is 0 Å². The number of fused-ring (bicyclic) bond motifs is 1. The molecule has 0 aromatic heterocycles. The minimum Gasteiger partial charge on any atom is -0.394 e. The van der Waals surface area contributed by atoms with Gasteiger partial charge < -0.3 is 19.8 Å².